The van der Waals surface area contributed by atoms with Crippen LogP contribution in [0.15, 0.2) is 35.1 Å². The van der Waals surface area contributed by atoms with Crippen LogP contribution in [0.25, 0.3) is 10.9 Å². The normalized spacial score (nSPS) is 16.4. The zero-order valence-corrected chi connectivity index (χ0v) is 9.57. The summed E-state index contributed by atoms with van der Waals surface area (Å²) in [4.78, 5) is 16.7. The summed E-state index contributed by atoms with van der Waals surface area (Å²) in [5.74, 6) is 0. The molecule has 4 nitrogen and oxygen atoms in total. The lowest BCUT2D eigenvalue weighted by Crippen LogP contribution is -2.43. The summed E-state index contributed by atoms with van der Waals surface area (Å²) < 4.78 is 0. The number of anilines is 1. The molecule has 0 atom stereocenters. The number of aromatic nitrogens is 1. The molecule has 0 unspecified atom stereocenters. The Morgan fingerprint density at radius 2 is 1.88 bits per heavy atom. The maximum atomic E-state index is 11.4. The smallest absolute Gasteiger partial charge is 0.248 e. The zero-order chi connectivity index (χ0) is 11.7. The summed E-state index contributed by atoms with van der Waals surface area (Å²) in [6, 6.07) is 9.59. The maximum absolute atomic E-state index is 11.4. The van der Waals surface area contributed by atoms with Gasteiger partial charge in [-0.05, 0) is 12.1 Å². The van der Waals surface area contributed by atoms with Crippen LogP contribution in [0.2, 0.25) is 0 Å². The van der Waals surface area contributed by atoms with Gasteiger partial charge in [0.2, 0.25) is 5.56 Å². The van der Waals surface area contributed by atoms with Gasteiger partial charge in [-0.2, -0.15) is 0 Å². The number of fused-ring (bicyclic) bond motifs is 1. The SMILES string of the molecule is O=c1ccc2cccc(N3CCNCC3)c2[nH]1. The minimum absolute atomic E-state index is 0.0416. The number of piperazine rings is 1. The molecular formula is C13H15N3O. The van der Waals surface area contributed by atoms with E-state index in [-0.39, 0.29) is 5.56 Å². The predicted molar refractivity (Wildman–Crippen MR) is 69.7 cm³/mol. The van der Waals surface area contributed by atoms with Gasteiger partial charge in [0.15, 0.2) is 0 Å². The van der Waals surface area contributed by atoms with Gasteiger partial charge in [0.1, 0.15) is 0 Å². The average Bonchev–Trinajstić information content (AvgIpc) is 2.39. The number of aromatic amines is 1. The predicted octanol–water partition coefficient (Wildman–Crippen LogP) is 0.938. The quantitative estimate of drug-likeness (QED) is 0.765. The minimum Gasteiger partial charge on any atom is -0.367 e. The lowest BCUT2D eigenvalue weighted by Gasteiger charge is -2.30. The van der Waals surface area contributed by atoms with Gasteiger partial charge in [-0.3, -0.25) is 4.79 Å². The van der Waals surface area contributed by atoms with Crippen molar-refractivity contribution in [2.45, 2.75) is 0 Å². The molecule has 0 radical (unpaired) electrons. The second-order valence-corrected chi connectivity index (χ2v) is 4.30. The minimum atomic E-state index is -0.0416. The second-order valence-electron chi connectivity index (χ2n) is 4.30. The summed E-state index contributed by atoms with van der Waals surface area (Å²) in [6.45, 7) is 3.95. The number of nitrogens with one attached hydrogen (secondary N) is 2. The molecule has 0 aliphatic carbocycles. The topological polar surface area (TPSA) is 48.1 Å². The first kappa shape index (κ1) is 10.4. The Morgan fingerprint density at radius 3 is 2.71 bits per heavy atom. The Hall–Kier alpha value is -1.81. The zero-order valence-electron chi connectivity index (χ0n) is 9.57. The molecule has 1 aliphatic rings. The fourth-order valence-electron chi connectivity index (χ4n) is 2.33. The van der Waals surface area contributed by atoms with Crippen molar-refractivity contribution >= 4 is 16.6 Å². The second kappa shape index (κ2) is 4.22. The van der Waals surface area contributed by atoms with Gasteiger partial charge < -0.3 is 15.2 Å². The Morgan fingerprint density at radius 1 is 1.06 bits per heavy atom. The highest BCUT2D eigenvalue weighted by atomic mass is 16.1. The van der Waals surface area contributed by atoms with E-state index in [1.807, 2.05) is 18.2 Å². The molecule has 1 aliphatic heterocycles. The maximum Gasteiger partial charge on any atom is 0.248 e. The van der Waals surface area contributed by atoms with Crippen molar-refractivity contribution in [1.29, 1.82) is 0 Å². The standard InChI is InChI=1S/C13H15N3O/c17-12-5-4-10-2-1-3-11(13(10)15-12)16-8-6-14-7-9-16/h1-5,14H,6-9H2,(H,15,17). The molecule has 0 bridgehead atoms. The third-order valence-electron chi connectivity index (χ3n) is 3.19. The Balaban J connectivity index is 2.14. The van der Waals surface area contributed by atoms with Crippen molar-refractivity contribution in [1.82, 2.24) is 10.3 Å². The summed E-state index contributed by atoms with van der Waals surface area (Å²) in [5, 5.41) is 4.41. The van der Waals surface area contributed by atoms with Crippen LogP contribution in [-0.4, -0.2) is 31.2 Å². The van der Waals surface area contributed by atoms with Crippen molar-refractivity contribution in [2.75, 3.05) is 31.1 Å². The number of hydrogen-bond acceptors (Lipinski definition) is 3. The molecule has 1 aromatic carbocycles. The third-order valence-corrected chi connectivity index (χ3v) is 3.19. The van der Waals surface area contributed by atoms with Crippen LogP contribution in [0, 0.1) is 0 Å². The van der Waals surface area contributed by atoms with Gasteiger partial charge in [0.25, 0.3) is 0 Å². The number of rotatable bonds is 1. The van der Waals surface area contributed by atoms with Crippen LogP contribution in [0.5, 0.6) is 0 Å². The largest absolute Gasteiger partial charge is 0.367 e. The third kappa shape index (κ3) is 1.91. The molecule has 4 heteroatoms. The Kier molecular flexibility index (Phi) is 2.57. The molecule has 0 spiro atoms. The summed E-state index contributed by atoms with van der Waals surface area (Å²) in [5.41, 5.74) is 2.03. The molecule has 3 rings (SSSR count). The monoisotopic (exact) mass is 229 g/mol. The summed E-state index contributed by atoms with van der Waals surface area (Å²) in [7, 11) is 0. The van der Waals surface area contributed by atoms with E-state index in [9.17, 15) is 4.79 Å². The summed E-state index contributed by atoms with van der Waals surface area (Å²) >= 11 is 0. The molecule has 0 saturated carbocycles. The van der Waals surface area contributed by atoms with Gasteiger partial charge >= 0.3 is 0 Å². The first-order valence-electron chi connectivity index (χ1n) is 5.92. The lowest BCUT2D eigenvalue weighted by atomic mass is 10.1. The highest BCUT2D eigenvalue weighted by Crippen LogP contribution is 2.23. The Labute approximate surface area is 99.3 Å². The van der Waals surface area contributed by atoms with Gasteiger partial charge in [0.05, 0.1) is 11.2 Å². The van der Waals surface area contributed by atoms with Crippen molar-refractivity contribution < 1.29 is 0 Å². The van der Waals surface area contributed by atoms with E-state index in [1.165, 1.54) is 0 Å². The highest BCUT2D eigenvalue weighted by Gasteiger charge is 2.13. The van der Waals surface area contributed by atoms with Crippen molar-refractivity contribution in [3.8, 4) is 0 Å². The van der Waals surface area contributed by atoms with Crippen LogP contribution < -0.4 is 15.8 Å². The molecule has 1 fully saturated rings. The number of pyridine rings is 1. The van der Waals surface area contributed by atoms with E-state index in [0.717, 1.165) is 42.8 Å². The molecule has 88 valence electrons. The van der Waals surface area contributed by atoms with E-state index in [4.69, 9.17) is 0 Å². The molecule has 1 saturated heterocycles. The number of benzene rings is 1. The first-order chi connectivity index (χ1) is 8.34. The van der Waals surface area contributed by atoms with E-state index < -0.39 is 0 Å². The molecule has 2 aromatic rings. The number of nitrogens with zero attached hydrogens (tertiary/aromatic N) is 1. The fraction of sp³-hybridized carbons (Fsp3) is 0.308. The van der Waals surface area contributed by atoms with Gasteiger partial charge in [0, 0.05) is 37.6 Å². The number of hydrogen-bond donors (Lipinski definition) is 2. The molecular weight excluding hydrogens is 214 g/mol. The highest BCUT2D eigenvalue weighted by molar-refractivity contribution is 5.90. The molecule has 2 N–H and O–H groups in total. The molecule has 0 amide bonds. The Bertz CT molecular complexity index is 584. The van der Waals surface area contributed by atoms with Crippen LogP contribution in [0.4, 0.5) is 5.69 Å². The molecule has 2 heterocycles. The van der Waals surface area contributed by atoms with Crippen LogP contribution in [0.3, 0.4) is 0 Å². The van der Waals surface area contributed by atoms with Gasteiger partial charge in [-0.15, -0.1) is 0 Å². The number of H-pyrrole nitrogens is 1. The summed E-state index contributed by atoms with van der Waals surface area (Å²) in [6.07, 6.45) is 0. The van der Waals surface area contributed by atoms with E-state index in [2.05, 4.69) is 21.3 Å². The van der Waals surface area contributed by atoms with E-state index >= 15 is 0 Å². The van der Waals surface area contributed by atoms with Crippen LogP contribution in [-0.2, 0) is 0 Å². The first-order valence-corrected chi connectivity index (χ1v) is 5.92. The van der Waals surface area contributed by atoms with E-state index in [1.54, 1.807) is 6.07 Å². The fourth-order valence-corrected chi connectivity index (χ4v) is 2.33. The number of para-hydroxylation sites is 1. The molecule has 17 heavy (non-hydrogen) atoms. The van der Waals surface area contributed by atoms with Crippen molar-refractivity contribution in [3.63, 3.8) is 0 Å². The van der Waals surface area contributed by atoms with Crippen LogP contribution in [0.1, 0.15) is 0 Å². The van der Waals surface area contributed by atoms with Gasteiger partial charge in [-0.25, -0.2) is 0 Å². The molecule has 1 aromatic heterocycles. The van der Waals surface area contributed by atoms with Crippen molar-refractivity contribution in [2.24, 2.45) is 0 Å². The van der Waals surface area contributed by atoms with Gasteiger partial charge in [-0.1, -0.05) is 12.1 Å². The van der Waals surface area contributed by atoms with Crippen molar-refractivity contribution in [3.05, 3.63) is 40.7 Å². The van der Waals surface area contributed by atoms with E-state index in [0.29, 0.717) is 0 Å². The lowest BCUT2D eigenvalue weighted by molar-refractivity contribution is 0.590. The van der Waals surface area contributed by atoms with Crippen LogP contribution >= 0.6 is 0 Å². The average molecular weight is 229 g/mol.